The Kier molecular flexibility index (Phi) is 7.53. The average molecular weight is 505 g/mol. The average Bonchev–Trinajstić information content (AvgIpc) is 2.89. The monoisotopic (exact) mass is 504 g/mol. The molecule has 3 amide bonds. The third kappa shape index (κ3) is 5.83. The van der Waals surface area contributed by atoms with Gasteiger partial charge in [0.1, 0.15) is 12.4 Å². The van der Waals surface area contributed by atoms with Gasteiger partial charge in [-0.05, 0) is 80.2 Å². The van der Waals surface area contributed by atoms with Crippen LogP contribution in [0.4, 0.5) is 11.5 Å². The lowest BCUT2D eigenvalue weighted by Gasteiger charge is -2.41. The molecule has 9 nitrogen and oxygen atoms in total. The first kappa shape index (κ1) is 25.4. The molecule has 1 aromatic heterocycles. The molecular formula is C28H36N6O3. The number of hydrogen-bond acceptors (Lipinski definition) is 6. The zero-order valence-corrected chi connectivity index (χ0v) is 21.4. The van der Waals surface area contributed by atoms with E-state index in [1.54, 1.807) is 11.1 Å². The highest BCUT2D eigenvalue weighted by Crippen LogP contribution is 2.32. The van der Waals surface area contributed by atoms with Crippen molar-refractivity contribution in [3.05, 3.63) is 53.2 Å². The van der Waals surface area contributed by atoms with Gasteiger partial charge in [-0.2, -0.15) is 0 Å². The number of aromatic nitrogens is 1. The molecule has 2 aromatic rings. The molecule has 3 aliphatic heterocycles. The molecule has 0 aliphatic carbocycles. The lowest BCUT2D eigenvalue weighted by molar-refractivity contribution is -0.147. The van der Waals surface area contributed by atoms with E-state index in [4.69, 9.17) is 0 Å². The Bertz CT molecular complexity index is 1170. The molecule has 0 radical (unpaired) electrons. The molecule has 2 fully saturated rings. The Morgan fingerprint density at radius 3 is 2.70 bits per heavy atom. The van der Waals surface area contributed by atoms with Gasteiger partial charge in [-0.15, -0.1) is 0 Å². The summed E-state index contributed by atoms with van der Waals surface area (Å²) >= 11 is 0. The first-order chi connectivity index (χ1) is 17.9. The lowest BCUT2D eigenvalue weighted by atomic mass is 9.79. The van der Waals surface area contributed by atoms with Crippen molar-refractivity contribution in [2.45, 2.75) is 51.5 Å². The Morgan fingerprint density at radius 2 is 1.92 bits per heavy atom. The first-order valence-electron chi connectivity index (χ1n) is 13.3. The minimum atomic E-state index is -0.454. The molecule has 1 aromatic carbocycles. The standard InChI is InChI=1S/C28H36N6O3/c1-28(8-12-29-13-9-28)27(37)34(23-5-3-10-30-17-23)18-25(36)32-22-7-6-19-14-20-4-2-11-31-26(20)33-24(35)16-21(19)15-22/h2,4,6-7,11,15,23,29-30H,3,5,8-10,12-14,16-18H2,1H3,(H,32,36)(H,31,33,35)/t23-/m0/s1. The number of piperidine rings is 2. The molecule has 37 heavy (non-hydrogen) atoms. The Hall–Kier alpha value is -3.30. The number of carbonyl (C=O) groups excluding carboxylic acids is 3. The summed E-state index contributed by atoms with van der Waals surface area (Å²) in [6, 6.07) is 9.53. The van der Waals surface area contributed by atoms with Gasteiger partial charge in [0, 0.05) is 36.3 Å². The van der Waals surface area contributed by atoms with Crippen LogP contribution in [0.1, 0.15) is 49.3 Å². The SMILES string of the molecule is CC1(C(=O)N(CC(=O)Nc2ccc3c(c2)CC(=O)Nc2ncccc2C3)[C@H]2CCCNC2)CCNCC1. The number of benzene rings is 1. The zero-order valence-electron chi connectivity index (χ0n) is 21.4. The second-order valence-electron chi connectivity index (χ2n) is 10.7. The molecule has 0 unspecified atom stereocenters. The van der Waals surface area contributed by atoms with E-state index in [0.29, 0.717) is 24.5 Å². The molecule has 1 atom stereocenters. The van der Waals surface area contributed by atoms with Crippen LogP contribution < -0.4 is 21.3 Å². The number of nitrogens with one attached hydrogen (secondary N) is 4. The van der Waals surface area contributed by atoms with Crippen LogP contribution in [0, 0.1) is 5.41 Å². The van der Waals surface area contributed by atoms with E-state index in [0.717, 1.165) is 62.0 Å². The predicted octanol–water partition coefficient (Wildman–Crippen LogP) is 2.08. The minimum absolute atomic E-state index is 0.00637. The summed E-state index contributed by atoms with van der Waals surface area (Å²) in [4.78, 5) is 45.7. The van der Waals surface area contributed by atoms with E-state index in [1.165, 1.54) is 0 Å². The van der Waals surface area contributed by atoms with E-state index in [2.05, 4.69) is 26.3 Å². The fourth-order valence-electron chi connectivity index (χ4n) is 5.65. The second-order valence-corrected chi connectivity index (χ2v) is 10.7. The van der Waals surface area contributed by atoms with E-state index >= 15 is 0 Å². The van der Waals surface area contributed by atoms with Gasteiger partial charge in [-0.1, -0.05) is 19.1 Å². The molecule has 2 saturated heterocycles. The van der Waals surface area contributed by atoms with E-state index in [1.807, 2.05) is 37.3 Å². The van der Waals surface area contributed by atoms with Gasteiger partial charge in [0.15, 0.2) is 0 Å². The maximum Gasteiger partial charge on any atom is 0.244 e. The third-order valence-electron chi connectivity index (χ3n) is 7.88. The largest absolute Gasteiger partial charge is 0.329 e. The summed E-state index contributed by atoms with van der Waals surface area (Å²) in [5.41, 5.74) is 3.04. The Morgan fingerprint density at radius 1 is 1.08 bits per heavy atom. The molecule has 9 heteroatoms. The minimum Gasteiger partial charge on any atom is -0.329 e. The maximum atomic E-state index is 13.7. The van der Waals surface area contributed by atoms with Gasteiger partial charge < -0.3 is 26.2 Å². The summed E-state index contributed by atoms with van der Waals surface area (Å²) < 4.78 is 0. The number of pyridine rings is 1. The first-order valence-corrected chi connectivity index (χ1v) is 13.3. The summed E-state index contributed by atoms with van der Waals surface area (Å²) in [5, 5.41) is 12.6. The molecule has 0 spiro atoms. The van der Waals surface area contributed by atoms with E-state index < -0.39 is 5.41 Å². The van der Waals surface area contributed by atoms with E-state index in [9.17, 15) is 14.4 Å². The van der Waals surface area contributed by atoms with Crippen LogP contribution >= 0.6 is 0 Å². The molecule has 0 bridgehead atoms. The predicted molar refractivity (Wildman–Crippen MR) is 142 cm³/mol. The molecule has 3 aliphatic rings. The molecule has 0 saturated carbocycles. The van der Waals surface area contributed by atoms with Gasteiger partial charge in [0.2, 0.25) is 17.7 Å². The Balaban J connectivity index is 1.32. The zero-order chi connectivity index (χ0) is 25.8. The highest BCUT2D eigenvalue weighted by molar-refractivity contribution is 5.96. The fraction of sp³-hybridized carbons (Fsp3) is 0.500. The number of hydrogen-bond donors (Lipinski definition) is 4. The van der Waals surface area contributed by atoms with Gasteiger partial charge in [-0.25, -0.2) is 4.98 Å². The summed E-state index contributed by atoms with van der Waals surface area (Å²) in [6.45, 7) is 5.32. The van der Waals surface area contributed by atoms with Crippen molar-refractivity contribution in [3.8, 4) is 0 Å². The number of anilines is 2. The van der Waals surface area contributed by atoms with Crippen molar-refractivity contribution in [3.63, 3.8) is 0 Å². The number of rotatable bonds is 5. The maximum absolute atomic E-state index is 13.7. The van der Waals surface area contributed by atoms with Crippen LogP contribution in [0.15, 0.2) is 36.5 Å². The van der Waals surface area contributed by atoms with Crippen LogP contribution in [0.2, 0.25) is 0 Å². The van der Waals surface area contributed by atoms with Gasteiger partial charge in [0.05, 0.1) is 6.42 Å². The van der Waals surface area contributed by atoms with Gasteiger partial charge >= 0.3 is 0 Å². The van der Waals surface area contributed by atoms with Crippen LogP contribution in [-0.2, 0) is 27.2 Å². The number of fused-ring (bicyclic) bond motifs is 2. The quantitative estimate of drug-likeness (QED) is 0.496. The van der Waals surface area contributed by atoms with Crippen LogP contribution in [0.5, 0.6) is 0 Å². The smallest absolute Gasteiger partial charge is 0.244 e. The van der Waals surface area contributed by atoms with Crippen molar-refractivity contribution >= 4 is 29.2 Å². The fourth-order valence-corrected chi connectivity index (χ4v) is 5.65. The second kappa shape index (κ2) is 11.0. The lowest BCUT2D eigenvalue weighted by Crippen LogP contribution is -2.56. The van der Waals surface area contributed by atoms with Crippen LogP contribution in [0.25, 0.3) is 0 Å². The summed E-state index contributed by atoms with van der Waals surface area (Å²) in [5.74, 6) is 0.308. The molecule has 4 N–H and O–H groups in total. The molecule has 4 heterocycles. The highest BCUT2D eigenvalue weighted by atomic mass is 16.2. The highest BCUT2D eigenvalue weighted by Gasteiger charge is 2.40. The van der Waals surface area contributed by atoms with Crippen molar-refractivity contribution in [2.24, 2.45) is 5.41 Å². The normalized spacial score (nSPS) is 20.9. The van der Waals surface area contributed by atoms with Crippen molar-refractivity contribution in [1.82, 2.24) is 20.5 Å². The van der Waals surface area contributed by atoms with Gasteiger partial charge in [0.25, 0.3) is 0 Å². The number of carbonyl (C=O) groups is 3. The van der Waals surface area contributed by atoms with Crippen molar-refractivity contribution < 1.29 is 14.4 Å². The molecule has 5 rings (SSSR count). The summed E-state index contributed by atoms with van der Waals surface area (Å²) in [7, 11) is 0. The van der Waals surface area contributed by atoms with Crippen LogP contribution in [0.3, 0.4) is 0 Å². The van der Waals surface area contributed by atoms with Crippen molar-refractivity contribution in [1.29, 1.82) is 0 Å². The van der Waals surface area contributed by atoms with E-state index in [-0.39, 0.29) is 36.7 Å². The van der Waals surface area contributed by atoms with Crippen LogP contribution in [-0.4, -0.2) is 66.4 Å². The number of nitrogens with zero attached hydrogens (tertiary/aromatic N) is 2. The molecule has 196 valence electrons. The van der Waals surface area contributed by atoms with Gasteiger partial charge in [-0.3, -0.25) is 14.4 Å². The summed E-state index contributed by atoms with van der Waals surface area (Å²) in [6.07, 6.45) is 5.95. The van der Waals surface area contributed by atoms with Crippen molar-refractivity contribution in [2.75, 3.05) is 43.4 Å². The number of amides is 3. The third-order valence-corrected chi connectivity index (χ3v) is 7.88. The molecular weight excluding hydrogens is 468 g/mol. The topological polar surface area (TPSA) is 115 Å². The Labute approximate surface area is 217 Å².